The number of benzene rings is 1. The fraction of sp³-hybridized carbons (Fsp3) is 0.600. The van der Waals surface area contributed by atoms with Crippen molar-refractivity contribution in [3.05, 3.63) is 34.9 Å². The fourth-order valence-electron chi connectivity index (χ4n) is 4.66. The first-order valence-electron chi connectivity index (χ1n) is 11.3. The summed E-state index contributed by atoms with van der Waals surface area (Å²) in [6, 6.07) is 4.71. The number of nitrogens with one attached hydrogen (secondary N) is 2. The molecule has 32 heavy (non-hydrogen) atoms. The SMILES string of the molecule is Cc1cccc(C)c1C(=O)NCCCC[C@H](NC(=O)[C@H]1CC[C@@](C)(C=O)C1(C)C)C(=O)O. The minimum absolute atomic E-state index is 0.134. The summed E-state index contributed by atoms with van der Waals surface area (Å²) in [6.07, 6.45) is 3.52. The molecule has 1 fully saturated rings. The summed E-state index contributed by atoms with van der Waals surface area (Å²) in [4.78, 5) is 48.5. The third-order valence-corrected chi connectivity index (χ3v) is 7.40. The van der Waals surface area contributed by atoms with Crippen LogP contribution in [0.4, 0.5) is 0 Å². The molecule has 2 amide bonds. The van der Waals surface area contributed by atoms with E-state index in [0.29, 0.717) is 37.8 Å². The van der Waals surface area contributed by atoms with Gasteiger partial charge >= 0.3 is 5.97 Å². The number of carbonyl (C=O) groups is 4. The van der Waals surface area contributed by atoms with E-state index in [4.69, 9.17) is 0 Å². The van der Waals surface area contributed by atoms with Crippen molar-refractivity contribution >= 4 is 24.1 Å². The van der Waals surface area contributed by atoms with Gasteiger partial charge in [-0.25, -0.2) is 4.79 Å². The average Bonchev–Trinajstić information content (AvgIpc) is 2.96. The number of carboxylic acid groups (broad SMARTS) is 1. The Bertz CT molecular complexity index is 859. The first kappa shape index (κ1) is 25.6. The van der Waals surface area contributed by atoms with Crippen LogP contribution >= 0.6 is 0 Å². The molecule has 7 heteroatoms. The molecule has 1 aromatic carbocycles. The summed E-state index contributed by atoms with van der Waals surface area (Å²) in [5, 5.41) is 15.1. The molecule has 1 aliphatic rings. The van der Waals surface area contributed by atoms with Gasteiger partial charge in [-0.3, -0.25) is 9.59 Å². The molecule has 1 aromatic rings. The van der Waals surface area contributed by atoms with Gasteiger partial charge in [-0.2, -0.15) is 0 Å². The van der Waals surface area contributed by atoms with Gasteiger partial charge < -0.3 is 20.5 Å². The van der Waals surface area contributed by atoms with Crippen LogP contribution in [0.15, 0.2) is 18.2 Å². The molecule has 0 unspecified atom stereocenters. The molecule has 2 rings (SSSR count). The summed E-state index contributed by atoms with van der Waals surface area (Å²) in [5.41, 5.74) is 1.36. The predicted molar refractivity (Wildman–Crippen MR) is 122 cm³/mol. The van der Waals surface area contributed by atoms with Gasteiger partial charge in [0, 0.05) is 23.4 Å². The van der Waals surface area contributed by atoms with Crippen LogP contribution in [0.25, 0.3) is 0 Å². The van der Waals surface area contributed by atoms with E-state index >= 15 is 0 Å². The monoisotopic (exact) mass is 444 g/mol. The summed E-state index contributed by atoms with van der Waals surface area (Å²) in [5.74, 6) is -1.93. The Morgan fingerprint density at radius 2 is 1.78 bits per heavy atom. The number of aryl methyl sites for hydroxylation is 2. The summed E-state index contributed by atoms with van der Waals surface area (Å²) in [7, 11) is 0. The number of aliphatic carboxylic acids is 1. The number of rotatable bonds is 10. The zero-order chi connectivity index (χ0) is 24.1. The lowest BCUT2D eigenvalue weighted by molar-refractivity contribution is -0.144. The fourth-order valence-corrected chi connectivity index (χ4v) is 4.66. The maximum Gasteiger partial charge on any atom is 0.326 e. The second-order valence-electron chi connectivity index (χ2n) is 9.77. The largest absolute Gasteiger partial charge is 0.480 e. The highest BCUT2D eigenvalue weighted by Crippen LogP contribution is 2.54. The van der Waals surface area contributed by atoms with Gasteiger partial charge in [0.2, 0.25) is 5.91 Å². The smallest absolute Gasteiger partial charge is 0.326 e. The van der Waals surface area contributed by atoms with Crippen molar-refractivity contribution in [2.75, 3.05) is 6.54 Å². The molecule has 176 valence electrons. The molecule has 0 heterocycles. The van der Waals surface area contributed by atoms with Gasteiger partial charge in [-0.05, 0) is 62.5 Å². The zero-order valence-electron chi connectivity index (χ0n) is 19.8. The van der Waals surface area contributed by atoms with E-state index in [1.165, 1.54) is 0 Å². The molecule has 0 bridgehead atoms. The van der Waals surface area contributed by atoms with Crippen molar-refractivity contribution in [2.24, 2.45) is 16.7 Å². The number of hydrogen-bond acceptors (Lipinski definition) is 4. The zero-order valence-corrected chi connectivity index (χ0v) is 19.8. The number of carboxylic acids is 1. The van der Waals surface area contributed by atoms with E-state index in [2.05, 4.69) is 10.6 Å². The molecule has 0 saturated heterocycles. The highest BCUT2D eigenvalue weighted by Gasteiger charge is 2.54. The van der Waals surface area contributed by atoms with Gasteiger partial charge in [0.05, 0.1) is 0 Å². The van der Waals surface area contributed by atoms with Crippen molar-refractivity contribution in [1.29, 1.82) is 0 Å². The molecule has 3 atom stereocenters. The summed E-state index contributed by atoms with van der Waals surface area (Å²) < 4.78 is 0. The van der Waals surface area contributed by atoms with Crippen LogP contribution < -0.4 is 10.6 Å². The second kappa shape index (κ2) is 10.3. The van der Waals surface area contributed by atoms with Crippen molar-refractivity contribution in [2.45, 2.75) is 72.8 Å². The molecule has 0 spiro atoms. The van der Waals surface area contributed by atoms with Crippen LogP contribution in [0, 0.1) is 30.6 Å². The van der Waals surface area contributed by atoms with E-state index in [9.17, 15) is 24.3 Å². The van der Waals surface area contributed by atoms with E-state index in [1.807, 2.05) is 52.8 Å². The van der Waals surface area contributed by atoms with E-state index < -0.39 is 28.8 Å². The number of unbranched alkanes of at least 4 members (excludes halogenated alkanes) is 1. The van der Waals surface area contributed by atoms with E-state index in [0.717, 1.165) is 17.4 Å². The van der Waals surface area contributed by atoms with E-state index in [1.54, 1.807) is 0 Å². The van der Waals surface area contributed by atoms with Crippen molar-refractivity contribution in [3.8, 4) is 0 Å². The lowest BCUT2D eigenvalue weighted by atomic mass is 9.66. The molecule has 0 aromatic heterocycles. The van der Waals surface area contributed by atoms with Gasteiger partial charge in [0.25, 0.3) is 5.91 Å². The number of aldehydes is 1. The van der Waals surface area contributed by atoms with Crippen LogP contribution in [0.2, 0.25) is 0 Å². The molecule has 1 aliphatic carbocycles. The Labute approximate surface area is 190 Å². The van der Waals surface area contributed by atoms with Gasteiger partial charge in [0.1, 0.15) is 12.3 Å². The highest BCUT2D eigenvalue weighted by molar-refractivity contribution is 5.97. The summed E-state index contributed by atoms with van der Waals surface area (Å²) in [6.45, 7) is 9.87. The molecular weight excluding hydrogens is 408 g/mol. The highest BCUT2D eigenvalue weighted by atomic mass is 16.4. The summed E-state index contributed by atoms with van der Waals surface area (Å²) >= 11 is 0. The Morgan fingerprint density at radius 1 is 1.16 bits per heavy atom. The average molecular weight is 445 g/mol. The minimum atomic E-state index is -1.08. The van der Waals surface area contributed by atoms with Crippen LogP contribution in [-0.4, -0.2) is 41.8 Å². The van der Waals surface area contributed by atoms with Gasteiger partial charge in [0.15, 0.2) is 0 Å². The third kappa shape index (κ3) is 5.37. The Kier molecular flexibility index (Phi) is 8.21. The topological polar surface area (TPSA) is 113 Å². The Morgan fingerprint density at radius 3 is 2.31 bits per heavy atom. The molecular formula is C25H36N2O5. The lowest BCUT2D eigenvalue weighted by Gasteiger charge is -2.37. The van der Waals surface area contributed by atoms with Crippen molar-refractivity contribution < 1.29 is 24.3 Å². The standard InChI is InChI=1S/C25H36N2O5/c1-16-9-8-10-17(2)20(16)22(30)26-14-7-6-11-19(23(31)32)27-21(29)18-12-13-25(5,15-28)24(18,3)4/h8-10,15,18-19H,6-7,11-14H2,1-5H3,(H,26,30)(H,27,29)(H,31,32)/t18-,19+,25+/m1/s1. The van der Waals surface area contributed by atoms with E-state index in [-0.39, 0.29) is 18.2 Å². The molecule has 0 radical (unpaired) electrons. The molecule has 7 nitrogen and oxygen atoms in total. The molecule has 1 saturated carbocycles. The first-order chi connectivity index (χ1) is 14.9. The maximum atomic E-state index is 12.8. The third-order valence-electron chi connectivity index (χ3n) is 7.40. The Hall–Kier alpha value is -2.70. The van der Waals surface area contributed by atoms with Crippen LogP contribution in [0.1, 0.15) is 74.4 Å². The van der Waals surface area contributed by atoms with Crippen molar-refractivity contribution in [1.82, 2.24) is 10.6 Å². The van der Waals surface area contributed by atoms with Crippen LogP contribution in [0.5, 0.6) is 0 Å². The lowest BCUT2D eigenvalue weighted by Crippen LogP contribution is -2.48. The normalized spacial score (nSPS) is 22.7. The molecule has 0 aliphatic heterocycles. The van der Waals surface area contributed by atoms with Crippen LogP contribution in [-0.2, 0) is 14.4 Å². The van der Waals surface area contributed by atoms with Crippen molar-refractivity contribution in [3.63, 3.8) is 0 Å². The maximum absolute atomic E-state index is 12.8. The number of carbonyl (C=O) groups excluding carboxylic acids is 3. The number of hydrogen-bond donors (Lipinski definition) is 3. The quantitative estimate of drug-likeness (QED) is 0.378. The van der Waals surface area contributed by atoms with Crippen LogP contribution in [0.3, 0.4) is 0 Å². The predicted octanol–water partition coefficient (Wildman–Crippen LogP) is 3.41. The van der Waals surface area contributed by atoms with Gasteiger partial charge in [-0.15, -0.1) is 0 Å². The second-order valence-corrected chi connectivity index (χ2v) is 9.77. The molecule has 3 N–H and O–H groups in total. The first-order valence-corrected chi connectivity index (χ1v) is 11.3. The minimum Gasteiger partial charge on any atom is -0.480 e. The Balaban J connectivity index is 1.84. The van der Waals surface area contributed by atoms with Gasteiger partial charge in [-0.1, -0.05) is 39.0 Å². The number of amides is 2.